The summed E-state index contributed by atoms with van der Waals surface area (Å²) in [6, 6.07) is 23.9. The summed E-state index contributed by atoms with van der Waals surface area (Å²) in [7, 11) is 3.18. The van der Waals surface area contributed by atoms with Crippen LogP contribution in [-0.4, -0.2) is 23.4 Å². The van der Waals surface area contributed by atoms with Crippen LogP contribution < -0.4 is 25.4 Å². The second kappa shape index (κ2) is 8.57. The van der Waals surface area contributed by atoms with Gasteiger partial charge in [-0.2, -0.15) is 0 Å². The molecule has 0 spiro atoms. The van der Waals surface area contributed by atoms with E-state index in [0.717, 1.165) is 5.56 Å². The summed E-state index contributed by atoms with van der Waals surface area (Å²) in [5.74, 6) is 1.63. The number of hydrogen-bond acceptors (Lipinski definition) is 6. The molecule has 7 nitrogen and oxygen atoms in total. The summed E-state index contributed by atoms with van der Waals surface area (Å²) in [6.07, 6.45) is 0. The monoisotopic (exact) mass is 459 g/mol. The van der Waals surface area contributed by atoms with Crippen molar-refractivity contribution in [1.29, 1.82) is 0 Å². The number of aromatic nitrogens is 2. The van der Waals surface area contributed by atoms with Gasteiger partial charge in [0.15, 0.2) is 4.77 Å². The molecule has 2 heterocycles. The second-order valence-corrected chi connectivity index (χ2v) is 7.81. The van der Waals surface area contributed by atoms with Crippen LogP contribution in [0.5, 0.6) is 17.4 Å². The zero-order valence-electron chi connectivity index (χ0n) is 18.0. The Bertz CT molecular complexity index is 1450. The minimum atomic E-state index is -0.460. The van der Waals surface area contributed by atoms with Crippen LogP contribution >= 0.6 is 12.2 Å². The van der Waals surface area contributed by atoms with Crippen LogP contribution in [0.3, 0.4) is 0 Å². The Morgan fingerprint density at radius 3 is 2.06 bits per heavy atom. The third-order valence-corrected chi connectivity index (χ3v) is 5.93. The number of ether oxygens (including phenoxy) is 2. The minimum Gasteiger partial charge on any atom is -0.497 e. The lowest BCUT2D eigenvalue weighted by Crippen LogP contribution is -2.28. The molecule has 8 heteroatoms. The Labute approximate surface area is 195 Å². The number of nitrogens with one attached hydrogen (secondary N) is 1. The van der Waals surface area contributed by atoms with Crippen LogP contribution in [0.15, 0.2) is 83.7 Å². The van der Waals surface area contributed by atoms with Gasteiger partial charge >= 0.3 is 0 Å². The van der Waals surface area contributed by atoms with Gasteiger partial charge in [-0.15, -0.1) is 5.48 Å². The van der Waals surface area contributed by atoms with Gasteiger partial charge in [-0.05, 0) is 42.0 Å². The van der Waals surface area contributed by atoms with E-state index in [-0.39, 0.29) is 10.3 Å². The highest BCUT2D eigenvalue weighted by atomic mass is 32.1. The summed E-state index contributed by atoms with van der Waals surface area (Å²) in [5, 5.41) is 0. The van der Waals surface area contributed by atoms with Crippen LogP contribution in [-0.2, 0) is 0 Å². The smallest absolute Gasteiger partial charge is 0.268 e. The molecule has 1 atom stereocenters. The van der Waals surface area contributed by atoms with Crippen molar-refractivity contribution in [1.82, 2.24) is 14.6 Å². The lowest BCUT2D eigenvalue weighted by molar-refractivity contribution is 0.195. The average Bonchev–Trinajstić information content (AvgIpc) is 3.30. The molecule has 166 valence electrons. The number of nitrogens with zero attached hydrogens (tertiary/aromatic N) is 2. The normalized spacial score (nSPS) is 14.4. The van der Waals surface area contributed by atoms with Crippen molar-refractivity contribution >= 4 is 12.2 Å². The zero-order chi connectivity index (χ0) is 22.9. The Balaban J connectivity index is 1.84. The van der Waals surface area contributed by atoms with E-state index in [1.807, 2.05) is 72.8 Å². The Hall–Kier alpha value is -3.88. The van der Waals surface area contributed by atoms with Gasteiger partial charge in [-0.1, -0.05) is 42.5 Å². The molecule has 3 aromatic carbocycles. The number of methoxy groups -OCH3 is 2. The van der Waals surface area contributed by atoms with E-state index in [0.29, 0.717) is 34.3 Å². The molecule has 0 radical (unpaired) electrons. The van der Waals surface area contributed by atoms with Crippen molar-refractivity contribution in [2.75, 3.05) is 14.2 Å². The first-order valence-corrected chi connectivity index (χ1v) is 10.7. The van der Waals surface area contributed by atoms with Gasteiger partial charge < -0.3 is 14.3 Å². The van der Waals surface area contributed by atoms with Gasteiger partial charge in [-0.25, -0.2) is 0 Å². The van der Waals surface area contributed by atoms with Crippen molar-refractivity contribution in [3.8, 4) is 28.8 Å². The fraction of sp³-hybridized carbons (Fsp3) is 0.120. The number of hydroxylamine groups is 1. The molecular formula is C25H21N3O4S. The zero-order valence-corrected chi connectivity index (χ0v) is 18.8. The predicted octanol–water partition coefficient (Wildman–Crippen LogP) is 4.36. The standard InChI is InChI=1S/C25H21N3O4S/c1-30-19-12-6-10-17(14-19)27-23(29)21-22(16-8-4-3-5-9-16)26-32-24(21)28(25(27)33)18-11-7-13-20(15-18)31-2/h3-15,22,26H,1-2H3. The summed E-state index contributed by atoms with van der Waals surface area (Å²) in [5.41, 5.74) is 5.42. The van der Waals surface area contributed by atoms with E-state index < -0.39 is 6.04 Å². The fourth-order valence-corrected chi connectivity index (χ4v) is 4.34. The number of hydrogen-bond donors (Lipinski definition) is 1. The maximum absolute atomic E-state index is 13.9. The van der Waals surface area contributed by atoms with Gasteiger partial charge in [0.2, 0.25) is 5.88 Å². The Morgan fingerprint density at radius 2 is 1.45 bits per heavy atom. The molecule has 0 bridgehead atoms. The molecule has 33 heavy (non-hydrogen) atoms. The molecule has 0 saturated carbocycles. The van der Waals surface area contributed by atoms with Gasteiger partial charge in [0.05, 0.1) is 25.6 Å². The SMILES string of the molecule is COc1cccc(-n2c3c(c(=O)n(-c4cccc(OC)c4)c2=S)C(c2ccccc2)NO3)c1. The van der Waals surface area contributed by atoms with E-state index in [1.54, 1.807) is 24.9 Å². The van der Waals surface area contributed by atoms with Crippen LogP contribution in [0.2, 0.25) is 0 Å². The summed E-state index contributed by atoms with van der Waals surface area (Å²) < 4.78 is 14.3. The van der Waals surface area contributed by atoms with Crippen LogP contribution in [0.1, 0.15) is 17.2 Å². The highest BCUT2D eigenvalue weighted by Crippen LogP contribution is 2.35. The third kappa shape index (κ3) is 3.59. The molecule has 0 amide bonds. The topological polar surface area (TPSA) is 66.7 Å². The largest absolute Gasteiger partial charge is 0.497 e. The molecule has 0 fully saturated rings. The van der Waals surface area contributed by atoms with Crippen LogP contribution in [0.4, 0.5) is 0 Å². The van der Waals surface area contributed by atoms with E-state index in [2.05, 4.69) is 5.48 Å². The number of benzene rings is 3. The summed E-state index contributed by atoms with van der Waals surface area (Å²) in [4.78, 5) is 19.8. The lowest BCUT2D eigenvalue weighted by Gasteiger charge is -2.17. The molecule has 4 aromatic rings. The quantitative estimate of drug-likeness (QED) is 0.448. The minimum absolute atomic E-state index is 0.260. The molecule has 1 aliphatic rings. The highest BCUT2D eigenvalue weighted by molar-refractivity contribution is 7.71. The first kappa shape index (κ1) is 21.0. The van der Waals surface area contributed by atoms with Crippen molar-refractivity contribution < 1.29 is 14.3 Å². The van der Waals surface area contributed by atoms with Gasteiger partial charge in [-0.3, -0.25) is 13.9 Å². The predicted molar refractivity (Wildman–Crippen MR) is 127 cm³/mol. The van der Waals surface area contributed by atoms with Crippen molar-refractivity contribution in [2.45, 2.75) is 6.04 Å². The van der Waals surface area contributed by atoms with E-state index in [4.69, 9.17) is 26.5 Å². The maximum Gasteiger partial charge on any atom is 0.268 e. The average molecular weight is 460 g/mol. The molecule has 1 unspecified atom stereocenters. The van der Waals surface area contributed by atoms with Gasteiger partial charge in [0.25, 0.3) is 5.56 Å². The molecule has 5 rings (SSSR count). The van der Waals surface area contributed by atoms with E-state index >= 15 is 0 Å². The van der Waals surface area contributed by atoms with Crippen molar-refractivity contribution in [3.63, 3.8) is 0 Å². The molecule has 1 aromatic heterocycles. The first-order valence-electron chi connectivity index (χ1n) is 10.3. The molecule has 1 aliphatic heterocycles. The van der Waals surface area contributed by atoms with Crippen LogP contribution in [0.25, 0.3) is 11.4 Å². The summed E-state index contributed by atoms with van der Waals surface area (Å²) in [6.45, 7) is 0. The Morgan fingerprint density at radius 1 is 0.848 bits per heavy atom. The second-order valence-electron chi connectivity index (χ2n) is 7.44. The maximum atomic E-state index is 13.9. The van der Waals surface area contributed by atoms with E-state index in [1.165, 1.54) is 4.57 Å². The third-order valence-electron chi connectivity index (χ3n) is 5.57. The van der Waals surface area contributed by atoms with Crippen molar-refractivity contribution in [2.24, 2.45) is 0 Å². The lowest BCUT2D eigenvalue weighted by atomic mass is 10.0. The first-order chi connectivity index (χ1) is 16.1. The number of fused-ring (bicyclic) bond motifs is 1. The van der Waals surface area contributed by atoms with E-state index in [9.17, 15) is 4.79 Å². The van der Waals surface area contributed by atoms with Crippen molar-refractivity contribution in [3.05, 3.63) is 105 Å². The van der Waals surface area contributed by atoms with Crippen LogP contribution in [0, 0.1) is 4.77 Å². The summed E-state index contributed by atoms with van der Waals surface area (Å²) >= 11 is 5.84. The molecule has 0 saturated heterocycles. The number of rotatable bonds is 5. The Kier molecular flexibility index (Phi) is 5.45. The fourth-order valence-electron chi connectivity index (χ4n) is 3.96. The van der Waals surface area contributed by atoms with Gasteiger partial charge in [0.1, 0.15) is 23.1 Å². The molecule has 1 N–H and O–H groups in total. The van der Waals surface area contributed by atoms with Gasteiger partial charge in [0, 0.05) is 12.1 Å². The molecule has 0 aliphatic carbocycles. The molecular weight excluding hydrogens is 438 g/mol. The highest BCUT2D eigenvalue weighted by Gasteiger charge is 2.34.